The van der Waals surface area contributed by atoms with E-state index in [0.717, 1.165) is 5.69 Å². The molecule has 0 saturated heterocycles. The zero-order chi connectivity index (χ0) is 16.1. The number of halogens is 2. The zero-order valence-corrected chi connectivity index (χ0v) is 12.7. The number of para-hydroxylation sites is 1. The normalized spacial score (nSPS) is 11.0. The molecule has 0 fully saturated rings. The number of hydrazone groups is 1. The van der Waals surface area contributed by atoms with Crippen molar-refractivity contribution >= 4 is 23.5 Å². The van der Waals surface area contributed by atoms with Crippen molar-refractivity contribution in [1.29, 1.82) is 0 Å². The fourth-order valence-electron chi connectivity index (χ4n) is 1.92. The molecule has 0 amide bonds. The standard InChI is InChI=1S/C15H12ClFN6/c16-13-7-6-11(10-14(13)17)19-18-9-8-15-20-21-22-23(15)12-4-2-1-3-5-12/h1-7,9-10,19H,8H2/b18-9+. The van der Waals surface area contributed by atoms with Gasteiger partial charge in [0.2, 0.25) is 0 Å². The van der Waals surface area contributed by atoms with Crippen LogP contribution in [0, 0.1) is 5.82 Å². The summed E-state index contributed by atoms with van der Waals surface area (Å²) < 4.78 is 14.9. The average Bonchev–Trinajstić information content (AvgIpc) is 3.04. The molecule has 2 aromatic carbocycles. The van der Waals surface area contributed by atoms with E-state index in [0.29, 0.717) is 17.9 Å². The summed E-state index contributed by atoms with van der Waals surface area (Å²) in [7, 11) is 0. The van der Waals surface area contributed by atoms with Crippen molar-refractivity contribution in [3.05, 3.63) is 65.2 Å². The number of nitrogens with zero attached hydrogens (tertiary/aromatic N) is 5. The molecule has 0 aliphatic carbocycles. The molecule has 0 aliphatic rings. The maximum absolute atomic E-state index is 13.3. The van der Waals surface area contributed by atoms with Gasteiger partial charge in [-0.2, -0.15) is 9.78 Å². The smallest absolute Gasteiger partial charge is 0.162 e. The first-order chi connectivity index (χ1) is 11.2. The van der Waals surface area contributed by atoms with Gasteiger partial charge in [-0.05, 0) is 34.7 Å². The van der Waals surface area contributed by atoms with E-state index >= 15 is 0 Å². The molecule has 23 heavy (non-hydrogen) atoms. The number of hydrogen-bond acceptors (Lipinski definition) is 5. The lowest BCUT2D eigenvalue weighted by molar-refractivity contribution is 0.628. The van der Waals surface area contributed by atoms with Gasteiger partial charge in [0, 0.05) is 18.7 Å². The molecular weight excluding hydrogens is 319 g/mol. The minimum Gasteiger partial charge on any atom is -0.279 e. The third-order valence-corrected chi connectivity index (χ3v) is 3.32. The van der Waals surface area contributed by atoms with Crippen molar-refractivity contribution in [2.45, 2.75) is 6.42 Å². The van der Waals surface area contributed by atoms with Crippen molar-refractivity contribution in [3.63, 3.8) is 0 Å². The van der Waals surface area contributed by atoms with Gasteiger partial charge < -0.3 is 0 Å². The van der Waals surface area contributed by atoms with Crippen LogP contribution in [0.25, 0.3) is 5.69 Å². The number of hydrogen-bond donors (Lipinski definition) is 1. The Morgan fingerprint density at radius 2 is 2.04 bits per heavy atom. The number of nitrogens with one attached hydrogen (secondary N) is 1. The molecule has 0 atom stereocenters. The number of benzene rings is 2. The fourth-order valence-corrected chi connectivity index (χ4v) is 2.03. The summed E-state index contributed by atoms with van der Waals surface area (Å²) in [5.41, 5.74) is 4.10. The van der Waals surface area contributed by atoms with Crippen LogP contribution in [-0.2, 0) is 6.42 Å². The Bertz CT molecular complexity index is 818. The maximum Gasteiger partial charge on any atom is 0.162 e. The molecule has 0 spiro atoms. The number of aromatic nitrogens is 4. The van der Waals surface area contributed by atoms with E-state index in [9.17, 15) is 4.39 Å². The van der Waals surface area contributed by atoms with E-state index in [1.807, 2.05) is 30.3 Å². The molecule has 8 heteroatoms. The molecule has 1 N–H and O–H groups in total. The first-order valence-corrected chi connectivity index (χ1v) is 7.17. The average molecular weight is 331 g/mol. The maximum atomic E-state index is 13.3. The lowest BCUT2D eigenvalue weighted by Crippen LogP contribution is -2.04. The van der Waals surface area contributed by atoms with Crippen LogP contribution < -0.4 is 5.43 Å². The van der Waals surface area contributed by atoms with E-state index in [1.54, 1.807) is 17.0 Å². The van der Waals surface area contributed by atoms with E-state index in [-0.39, 0.29) is 5.02 Å². The second kappa shape index (κ2) is 6.97. The lowest BCUT2D eigenvalue weighted by Gasteiger charge is -2.02. The quantitative estimate of drug-likeness (QED) is 0.576. The first-order valence-electron chi connectivity index (χ1n) is 6.79. The SMILES string of the molecule is Fc1cc(N/N=C/Cc2nnnn2-c2ccccc2)ccc1Cl. The molecule has 0 aliphatic heterocycles. The second-order valence-electron chi connectivity index (χ2n) is 4.60. The van der Waals surface area contributed by atoms with Gasteiger partial charge in [0.15, 0.2) is 5.82 Å². The summed E-state index contributed by atoms with van der Waals surface area (Å²) in [6.07, 6.45) is 2.03. The van der Waals surface area contributed by atoms with E-state index < -0.39 is 5.82 Å². The highest BCUT2D eigenvalue weighted by Gasteiger charge is 2.06. The van der Waals surface area contributed by atoms with Crippen molar-refractivity contribution in [2.24, 2.45) is 5.10 Å². The number of anilines is 1. The van der Waals surface area contributed by atoms with E-state index in [1.165, 1.54) is 12.1 Å². The fraction of sp³-hybridized carbons (Fsp3) is 0.0667. The van der Waals surface area contributed by atoms with Gasteiger partial charge in [0.25, 0.3) is 0 Å². The monoisotopic (exact) mass is 330 g/mol. The van der Waals surface area contributed by atoms with Gasteiger partial charge in [-0.25, -0.2) is 4.39 Å². The van der Waals surface area contributed by atoms with Crippen molar-refractivity contribution in [1.82, 2.24) is 20.2 Å². The second-order valence-corrected chi connectivity index (χ2v) is 5.01. The first kappa shape index (κ1) is 15.1. The Morgan fingerprint density at radius 1 is 1.22 bits per heavy atom. The molecular formula is C15H12ClFN6. The predicted molar refractivity (Wildman–Crippen MR) is 86.4 cm³/mol. The zero-order valence-electron chi connectivity index (χ0n) is 11.9. The van der Waals surface area contributed by atoms with Gasteiger partial charge in [-0.3, -0.25) is 5.43 Å². The van der Waals surface area contributed by atoms with Gasteiger partial charge >= 0.3 is 0 Å². The minimum atomic E-state index is -0.500. The van der Waals surface area contributed by atoms with Crippen molar-refractivity contribution in [2.75, 3.05) is 5.43 Å². The summed E-state index contributed by atoms with van der Waals surface area (Å²) in [6, 6.07) is 13.9. The van der Waals surface area contributed by atoms with Crippen LogP contribution in [0.3, 0.4) is 0 Å². The molecule has 0 radical (unpaired) electrons. The molecule has 0 saturated carbocycles. The molecule has 6 nitrogen and oxygen atoms in total. The molecule has 0 bridgehead atoms. The molecule has 3 rings (SSSR count). The molecule has 116 valence electrons. The molecule has 0 unspecified atom stereocenters. The van der Waals surface area contributed by atoms with Crippen LogP contribution in [0.1, 0.15) is 5.82 Å². The molecule has 1 aromatic heterocycles. The molecule has 3 aromatic rings. The lowest BCUT2D eigenvalue weighted by atomic mass is 10.3. The highest BCUT2D eigenvalue weighted by molar-refractivity contribution is 6.30. The van der Waals surface area contributed by atoms with E-state index in [4.69, 9.17) is 11.6 Å². The Kier molecular flexibility index (Phi) is 4.58. The van der Waals surface area contributed by atoms with Crippen LogP contribution in [0.4, 0.5) is 10.1 Å². The Hall–Kier alpha value is -2.80. The van der Waals surface area contributed by atoms with Crippen LogP contribution in [0.2, 0.25) is 5.02 Å². The van der Waals surface area contributed by atoms with Crippen LogP contribution in [0.15, 0.2) is 53.6 Å². The van der Waals surface area contributed by atoms with Crippen molar-refractivity contribution < 1.29 is 4.39 Å². The van der Waals surface area contributed by atoms with Gasteiger partial charge in [0.05, 0.1) is 16.4 Å². The van der Waals surface area contributed by atoms with Crippen LogP contribution in [-0.4, -0.2) is 26.4 Å². The van der Waals surface area contributed by atoms with Crippen LogP contribution >= 0.6 is 11.6 Å². The van der Waals surface area contributed by atoms with Crippen LogP contribution in [0.5, 0.6) is 0 Å². The topological polar surface area (TPSA) is 68.0 Å². The van der Waals surface area contributed by atoms with Gasteiger partial charge in [-0.15, -0.1) is 5.10 Å². The summed E-state index contributed by atoms with van der Waals surface area (Å²) in [4.78, 5) is 0. The Labute approximate surface area is 136 Å². The highest BCUT2D eigenvalue weighted by Crippen LogP contribution is 2.18. The largest absolute Gasteiger partial charge is 0.279 e. The molecule has 1 heterocycles. The third kappa shape index (κ3) is 3.70. The summed E-state index contributed by atoms with van der Waals surface area (Å²) in [5, 5.41) is 15.7. The summed E-state index contributed by atoms with van der Waals surface area (Å²) in [5.74, 6) is 0.143. The van der Waals surface area contributed by atoms with Crippen molar-refractivity contribution in [3.8, 4) is 5.69 Å². The minimum absolute atomic E-state index is 0.0709. The number of tetrazole rings is 1. The Balaban J connectivity index is 1.65. The van der Waals surface area contributed by atoms with Gasteiger partial charge in [-0.1, -0.05) is 29.8 Å². The highest BCUT2D eigenvalue weighted by atomic mass is 35.5. The predicted octanol–water partition coefficient (Wildman–Crippen LogP) is 3.10. The summed E-state index contributed by atoms with van der Waals surface area (Å²) in [6.45, 7) is 0. The van der Waals surface area contributed by atoms with E-state index in [2.05, 4.69) is 26.1 Å². The number of rotatable bonds is 5. The third-order valence-electron chi connectivity index (χ3n) is 3.01. The summed E-state index contributed by atoms with van der Waals surface area (Å²) >= 11 is 5.62. The Morgan fingerprint density at radius 3 is 2.83 bits per heavy atom. The van der Waals surface area contributed by atoms with Gasteiger partial charge in [0.1, 0.15) is 5.82 Å².